The third-order valence-corrected chi connectivity index (χ3v) is 3.61. The summed E-state index contributed by atoms with van der Waals surface area (Å²) in [7, 11) is 0. The van der Waals surface area contributed by atoms with Gasteiger partial charge < -0.3 is 4.57 Å². The highest BCUT2D eigenvalue weighted by Gasteiger charge is 2.07. The molecule has 0 atom stereocenters. The van der Waals surface area contributed by atoms with Crippen LogP contribution in [0.2, 0.25) is 0 Å². The lowest BCUT2D eigenvalue weighted by Crippen LogP contribution is -2.02. The molecule has 0 radical (unpaired) electrons. The van der Waals surface area contributed by atoms with Gasteiger partial charge in [-0.1, -0.05) is 50.1 Å². The van der Waals surface area contributed by atoms with Gasteiger partial charge >= 0.3 is 0 Å². The highest BCUT2D eigenvalue weighted by Crippen LogP contribution is 2.13. The first-order valence-corrected chi connectivity index (χ1v) is 7.57. The van der Waals surface area contributed by atoms with Gasteiger partial charge in [0, 0.05) is 6.42 Å². The Labute approximate surface area is 124 Å². The predicted molar refractivity (Wildman–Crippen MR) is 84.1 cm³/mol. The van der Waals surface area contributed by atoms with Crippen molar-refractivity contribution in [2.24, 2.45) is 0 Å². The Morgan fingerprint density at radius 2 is 1.90 bits per heavy atom. The lowest BCUT2D eigenvalue weighted by Gasteiger charge is -2.05. The van der Waals surface area contributed by atoms with Crippen LogP contribution in [0, 0.1) is 0 Å². The zero-order chi connectivity index (χ0) is 14.5. The van der Waals surface area contributed by atoms with Gasteiger partial charge in [0.1, 0.15) is 11.3 Å². The Morgan fingerprint density at radius 3 is 2.71 bits per heavy atom. The zero-order valence-electron chi connectivity index (χ0n) is 12.4. The minimum Gasteiger partial charge on any atom is -0.311 e. The van der Waals surface area contributed by atoms with E-state index >= 15 is 0 Å². The number of rotatable bonds is 6. The van der Waals surface area contributed by atoms with E-state index in [0.717, 1.165) is 36.4 Å². The quantitative estimate of drug-likeness (QED) is 0.648. The minimum absolute atomic E-state index is 0.794. The molecule has 0 saturated heterocycles. The van der Waals surface area contributed by atoms with Gasteiger partial charge in [0.25, 0.3) is 0 Å². The first-order chi connectivity index (χ1) is 10.4. The fraction of sp³-hybridized carbons (Fsp3) is 0.353. The average molecular weight is 280 g/mol. The molecule has 4 nitrogen and oxygen atoms in total. The van der Waals surface area contributed by atoms with Crippen molar-refractivity contribution >= 4 is 11.2 Å². The van der Waals surface area contributed by atoms with Crippen LogP contribution in [0.25, 0.3) is 11.2 Å². The summed E-state index contributed by atoms with van der Waals surface area (Å²) in [5, 5.41) is 0. The van der Waals surface area contributed by atoms with Crippen molar-refractivity contribution in [1.29, 1.82) is 0 Å². The monoisotopic (exact) mass is 280 g/mol. The van der Waals surface area contributed by atoms with Gasteiger partial charge in [-0.3, -0.25) is 0 Å². The van der Waals surface area contributed by atoms with Gasteiger partial charge in [-0.05, 0) is 12.0 Å². The molecule has 0 amide bonds. The topological polar surface area (TPSA) is 43.6 Å². The van der Waals surface area contributed by atoms with Crippen LogP contribution in [0.1, 0.15) is 37.6 Å². The van der Waals surface area contributed by atoms with Crippen LogP contribution in [-0.4, -0.2) is 19.5 Å². The molecule has 0 unspecified atom stereocenters. The number of unbranched alkanes of at least 4 members (excludes halogenated alkanes) is 2. The highest BCUT2D eigenvalue weighted by molar-refractivity contribution is 5.69. The van der Waals surface area contributed by atoms with E-state index in [1.54, 1.807) is 0 Å². The van der Waals surface area contributed by atoms with Crippen LogP contribution in [0.3, 0.4) is 0 Å². The third kappa shape index (κ3) is 3.27. The van der Waals surface area contributed by atoms with Gasteiger partial charge in [0.2, 0.25) is 0 Å². The molecule has 0 fully saturated rings. The van der Waals surface area contributed by atoms with Gasteiger partial charge in [0.05, 0.1) is 19.1 Å². The van der Waals surface area contributed by atoms with Crippen LogP contribution < -0.4 is 0 Å². The molecule has 0 aliphatic carbocycles. The molecule has 0 saturated carbocycles. The molecule has 0 bridgehead atoms. The Balaban J connectivity index is 1.83. The van der Waals surface area contributed by atoms with Crippen molar-refractivity contribution in [2.75, 3.05) is 0 Å². The van der Waals surface area contributed by atoms with Gasteiger partial charge in [-0.2, -0.15) is 0 Å². The van der Waals surface area contributed by atoms with Crippen LogP contribution >= 0.6 is 0 Å². The minimum atomic E-state index is 0.794. The lowest BCUT2D eigenvalue weighted by atomic mass is 10.2. The second-order valence-electron chi connectivity index (χ2n) is 5.31. The number of imidazole rings is 1. The second-order valence-corrected chi connectivity index (χ2v) is 5.31. The fourth-order valence-electron chi connectivity index (χ4n) is 2.44. The maximum atomic E-state index is 4.69. The Bertz CT molecular complexity index is 703. The number of benzene rings is 1. The first kappa shape index (κ1) is 13.7. The van der Waals surface area contributed by atoms with Crippen LogP contribution in [0.4, 0.5) is 0 Å². The Hall–Kier alpha value is -2.23. The number of hydrogen-bond acceptors (Lipinski definition) is 3. The van der Waals surface area contributed by atoms with E-state index in [1.807, 2.05) is 18.6 Å². The molecule has 4 heteroatoms. The summed E-state index contributed by atoms with van der Waals surface area (Å²) in [6, 6.07) is 10.4. The first-order valence-electron chi connectivity index (χ1n) is 7.57. The highest BCUT2D eigenvalue weighted by atomic mass is 15.1. The van der Waals surface area contributed by atoms with Crippen LogP contribution in [-0.2, 0) is 13.0 Å². The van der Waals surface area contributed by atoms with E-state index in [9.17, 15) is 0 Å². The number of hydrogen-bond donors (Lipinski definition) is 0. The van der Waals surface area contributed by atoms with Crippen molar-refractivity contribution in [3.05, 3.63) is 54.2 Å². The molecule has 2 aromatic heterocycles. The SMILES string of the molecule is CCCCCc1ncc2ncn(Cc3ccccc3)c2n1. The molecule has 2 heterocycles. The van der Waals surface area contributed by atoms with Crippen molar-refractivity contribution in [1.82, 2.24) is 19.5 Å². The Morgan fingerprint density at radius 1 is 1.05 bits per heavy atom. The van der Waals surface area contributed by atoms with E-state index in [0.29, 0.717) is 0 Å². The van der Waals surface area contributed by atoms with E-state index in [1.165, 1.54) is 18.4 Å². The number of fused-ring (bicyclic) bond motifs is 1. The number of aromatic nitrogens is 4. The largest absolute Gasteiger partial charge is 0.311 e. The average Bonchev–Trinajstić information content (AvgIpc) is 2.91. The second kappa shape index (κ2) is 6.48. The predicted octanol–water partition coefficient (Wildman–Crippen LogP) is 3.61. The summed E-state index contributed by atoms with van der Waals surface area (Å²) in [6.07, 6.45) is 8.22. The molecule has 21 heavy (non-hydrogen) atoms. The smallest absolute Gasteiger partial charge is 0.163 e. The summed E-state index contributed by atoms with van der Waals surface area (Å²) in [6.45, 7) is 3.00. The van der Waals surface area contributed by atoms with Gasteiger partial charge in [0.15, 0.2) is 5.65 Å². The molecular weight excluding hydrogens is 260 g/mol. The summed E-state index contributed by atoms with van der Waals surface area (Å²) in [5.74, 6) is 0.922. The molecule has 1 aromatic carbocycles. The molecule has 3 aromatic rings. The number of nitrogens with zero attached hydrogens (tertiary/aromatic N) is 4. The van der Waals surface area contributed by atoms with Crippen molar-refractivity contribution < 1.29 is 0 Å². The number of aryl methyl sites for hydroxylation is 1. The Kier molecular flexibility index (Phi) is 4.24. The van der Waals surface area contributed by atoms with Crippen LogP contribution in [0.5, 0.6) is 0 Å². The third-order valence-electron chi connectivity index (χ3n) is 3.61. The molecular formula is C17H20N4. The van der Waals surface area contributed by atoms with E-state index in [2.05, 4.69) is 45.7 Å². The fourth-order valence-corrected chi connectivity index (χ4v) is 2.44. The van der Waals surface area contributed by atoms with E-state index in [4.69, 9.17) is 4.98 Å². The maximum absolute atomic E-state index is 4.69. The summed E-state index contributed by atoms with van der Waals surface area (Å²) < 4.78 is 2.09. The van der Waals surface area contributed by atoms with E-state index in [-0.39, 0.29) is 0 Å². The molecule has 3 rings (SSSR count). The van der Waals surface area contributed by atoms with Crippen molar-refractivity contribution in [2.45, 2.75) is 39.2 Å². The standard InChI is InChI=1S/C17H20N4/c1-2-3-5-10-16-18-11-15-17(20-16)21(13-19-15)12-14-8-6-4-7-9-14/h4,6-9,11,13H,2-3,5,10,12H2,1H3. The zero-order valence-corrected chi connectivity index (χ0v) is 12.4. The molecule has 0 spiro atoms. The normalized spacial score (nSPS) is 11.1. The van der Waals surface area contributed by atoms with Crippen molar-refractivity contribution in [3.8, 4) is 0 Å². The molecule has 0 aliphatic heterocycles. The molecule has 0 N–H and O–H groups in total. The van der Waals surface area contributed by atoms with E-state index < -0.39 is 0 Å². The van der Waals surface area contributed by atoms with Crippen molar-refractivity contribution in [3.63, 3.8) is 0 Å². The summed E-state index contributed by atoms with van der Waals surface area (Å²) in [4.78, 5) is 13.5. The lowest BCUT2D eigenvalue weighted by molar-refractivity contribution is 0.693. The molecule has 108 valence electrons. The molecule has 0 aliphatic rings. The van der Waals surface area contributed by atoms with Crippen LogP contribution in [0.15, 0.2) is 42.9 Å². The van der Waals surface area contributed by atoms with Gasteiger partial charge in [-0.25, -0.2) is 15.0 Å². The summed E-state index contributed by atoms with van der Waals surface area (Å²) in [5.41, 5.74) is 3.05. The maximum Gasteiger partial charge on any atom is 0.163 e. The summed E-state index contributed by atoms with van der Waals surface area (Å²) >= 11 is 0. The van der Waals surface area contributed by atoms with Gasteiger partial charge in [-0.15, -0.1) is 0 Å².